The molecule has 226 valence electrons. The number of amides is 2. The number of benzene rings is 2. The molecule has 2 aliphatic rings. The number of aliphatic hydroxyl groups excluding tert-OH is 1. The highest BCUT2D eigenvalue weighted by Gasteiger charge is 2.52. The molecule has 0 bridgehead atoms. The molecule has 0 spiro atoms. The predicted molar refractivity (Wildman–Crippen MR) is 156 cm³/mol. The maximum absolute atomic E-state index is 14.0. The fourth-order valence-electron chi connectivity index (χ4n) is 5.50. The first-order valence-corrected chi connectivity index (χ1v) is 14.1. The van der Waals surface area contributed by atoms with E-state index in [9.17, 15) is 19.5 Å². The summed E-state index contributed by atoms with van der Waals surface area (Å²) >= 11 is 0. The number of nitrogens with zero attached hydrogens (tertiary/aromatic N) is 5. The Morgan fingerprint density at radius 1 is 1.23 bits per heavy atom. The fraction of sp³-hybridized carbons (Fsp3) is 0.387. The number of carbonyl (C=O) groups excluding carboxylic acids is 3. The van der Waals surface area contributed by atoms with Crippen molar-refractivity contribution in [2.75, 3.05) is 23.5 Å². The van der Waals surface area contributed by atoms with E-state index in [-0.39, 0.29) is 25.5 Å². The van der Waals surface area contributed by atoms with E-state index in [2.05, 4.69) is 10.3 Å². The second-order valence-corrected chi connectivity index (χ2v) is 10.7. The SMILES string of the molecule is COc1ccc2c(c1)[C@@](O)([C@H](C)/C=C/CCn1cc(CCO)nn1)C(=O)N2Cc1cccc(N2C(=O)CC2OC(C)=O)c1. The number of hydrogen-bond acceptors (Lipinski definition) is 9. The number of aliphatic hydroxyl groups is 2. The van der Waals surface area contributed by atoms with E-state index in [1.165, 1.54) is 23.8 Å². The van der Waals surface area contributed by atoms with Gasteiger partial charge in [-0.05, 0) is 42.3 Å². The molecule has 12 heteroatoms. The van der Waals surface area contributed by atoms with Crippen molar-refractivity contribution in [2.45, 2.75) is 58.0 Å². The van der Waals surface area contributed by atoms with E-state index in [4.69, 9.17) is 14.6 Å². The number of ether oxygens (including phenoxy) is 2. The van der Waals surface area contributed by atoms with Crippen molar-refractivity contribution in [1.82, 2.24) is 15.0 Å². The summed E-state index contributed by atoms with van der Waals surface area (Å²) in [5.74, 6) is -1.17. The highest BCUT2D eigenvalue weighted by atomic mass is 16.6. The molecule has 2 aliphatic heterocycles. The molecule has 0 aliphatic carbocycles. The molecule has 0 radical (unpaired) electrons. The van der Waals surface area contributed by atoms with Crippen LogP contribution in [0.4, 0.5) is 11.4 Å². The summed E-state index contributed by atoms with van der Waals surface area (Å²) in [7, 11) is 1.53. The second-order valence-electron chi connectivity index (χ2n) is 10.7. The van der Waals surface area contributed by atoms with Crippen LogP contribution >= 0.6 is 0 Å². The van der Waals surface area contributed by atoms with Crippen LogP contribution in [0.15, 0.2) is 60.8 Å². The molecule has 43 heavy (non-hydrogen) atoms. The van der Waals surface area contributed by atoms with Crippen LogP contribution in [-0.2, 0) is 44.2 Å². The molecule has 1 saturated heterocycles. The fourth-order valence-corrected chi connectivity index (χ4v) is 5.50. The number of hydrogen-bond donors (Lipinski definition) is 2. The third-order valence-electron chi connectivity index (χ3n) is 7.78. The van der Waals surface area contributed by atoms with Crippen LogP contribution in [0.3, 0.4) is 0 Å². The number of carbonyl (C=O) groups is 3. The quantitative estimate of drug-likeness (QED) is 0.185. The Labute approximate surface area is 249 Å². The zero-order chi connectivity index (χ0) is 30.7. The number of anilines is 2. The second kappa shape index (κ2) is 12.4. The van der Waals surface area contributed by atoms with Crippen LogP contribution < -0.4 is 14.5 Å². The van der Waals surface area contributed by atoms with Gasteiger partial charge in [-0.2, -0.15) is 0 Å². The number of fused-ring (bicyclic) bond motifs is 1. The summed E-state index contributed by atoms with van der Waals surface area (Å²) in [5, 5.41) is 29.2. The van der Waals surface area contributed by atoms with Gasteiger partial charge in [0.15, 0.2) is 11.8 Å². The normalized spacial score (nSPS) is 20.3. The average molecular weight is 590 g/mol. The van der Waals surface area contributed by atoms with Gasteiger partial charge < -0.3 is 24.6 Å². The number of aryl methyl sites for hydroxylation is 1. The first-order valence-electron chi connectivity index (χ1n) is 14.1. The minimum atomic E-state index is -1.84. The van der Waals surface area contributed by atoms with Crippen LogP contribution in [0.25, 0.3) is 0 Å². The average Bonchev–Trinajstić information content (AvgIpc) is 3.51. The number of methoxy groups -OCH3 is 1. The third kappa shape index (κ3) is 5.88. The van der Waals surface area contributed by atoms with Gasteiger partial charge in [0.25, 0.3) is 5.91 Å². The van der Waals surface area contributed by atoms with Gasteiger partial charge in [0, 0.05) is 49.9 Å². The van der Waals surface area contributed by atoms with Crippen molar-refractivity contribution in [1.29, 1.82) is 0 Å². The number of β-lactam (4-membered cyclic amide) rings is 1. The molecular formula is C31H35N5O7. The molecule has 2 aromatic carbocycles. The Balaban J connectivity index is 1.36. The first-order chi connectivity index (χ1) is 20.6. The summed E-state index contributed by atoms with van der Waals surface area (Å²) in [6.45, 7) is 3.80. The molecule has 0 saturated carbocycles. The summed E-state index contributed by atoms with van der Waals surface area (Å²) in [4.78, 5) is 40.7. The number of allylic oxidation sites excluding steroid dienone is 1. The Kier molecular flexibility index (Phi) is 8.60. The minimum absolute atomic E-state index is 0.00605. The number of esters is 1. The molecule has 1 fully saturated rings. The van der Waals surface area contributed by atoms with Crippen molar-refractivity contribution < 1.29 is 34.1 Å². The molecule has 1 unspecified atom stereocenters. The van der Waals surface area contributed by atoms with Gasteiger partial charge in [-0.25, -0.2) is 0 Å². The number of aromatic nitrogens is 3. The molecule has 2 amide bonds. The van der Waals surface area contributed by atoms with E-state index < -0.39 is 29.6 Å². The van der Waals surface area contributed by atoms with Gasteiger partial charge in [0.1, 0.15) is 5.75 Å². The lowest BCUT2D eigenvalue weighted by Crippen LogP contribution is -2.54. The zero-order valence-electron chi connectivity index (χ0n) is 24.3. The lowest BCUT2D eigenvalue weighted by atomic mass is 9.83. The van der Waals surface area contributed by atoms with Crippen molar-refractivity contribution in [3.63, 3.8) is 0 Å². The van der Waals surface area contributed by atoms with E-state index in [0.717, 1.165) is 5.56 Å². The smallest absolute Gasteiger partial charge is 0.304 e. The Morgan fingerprint density at radius 2 is 2.05 bits per heavy atom. The largest absolute Gasteiger partial charge is 0.497 e. The van der Waals surface area contributed by atoms with E-state index in [1.54, 1.807) is 54.2 Å². The standard InChI is InChI=1S/C31H35N5O7/c1-20(7-4-5-13-34-19-23(12-14-37)32-33-34)31(41)26-16-25(42-3)10-11-27(26)35(30(31)40)18-22-8-6-9-24(15-22)36-28(39)17-29(36)43-21(2)38/h4,6-11,15-16,19-20,29,37,41H,5,12-14,17-18H2,1-3H3/b7-4+/t20-,29?,31+/m1/s1. The highest BCUT2D eigenvalue weighted by Crippen LogP contribution is 2.47. The van der Waals surface area contributed by atoms with Crippen molar-refractivity contribution >= 4 is 29.2 Å². The molecule has 5 rings (SSSR count). The maximum Gasteiger partial charge on any atom is 0.304 e. The van der Waals surface area contributed by atoms with E-state index in [0.29, 0.717) is 47.8 Å². The van der Waals surface area contributed by atoms with Gasteiger partial charge in [-0.15, -0.1) is 5.10 Å². The highest BCUT2D eigenvalue weighted by molar-refractivity contribution is 6.07. The van der Waals surface area contributed by atoms with Crippen LogP contribution in [0, 0.1) is 5.92 Å². The van der Waals surface area contributed by atoms with E-state index >= 15 is 0 Å². The molecule has 12 nitrogen and oxygen atoms in total. The Bertz CT molecular complexity index is 1550. The summed E-state index contributed by atoms with van der Waals surface area (Å²) < 4.78 is 12.3. The van der Waals surface area contributed by atoms with Crippen LogP contribution in [0.2, 0.25) is 0 Å². The van der Waals surface area contributed by atoms with Crippen LogP contribution in [0.1, 0.15) is 43.5 Å². The monoisotopic (exact) mass is 589 g/mol. The third-order valence-corrected chi connectivity index (χ3v) is 7.78. The summed E-state index contributed by atoms with van der Waals surface area (Å²) in [5.41, 5.74) is 1.17. The minimum Gasteiger partial charge on any atom is -0.497 e. The molecule has 3 aromatic rings. The van der Waals surface area contributed by atoms with E-state index in [1.807, 2.05) is 18.2 Å². The van der Waals surface area contributed by atoms with Crippen LogP contribution in [-0.4, -0.2) is 62.9 Å². The van der Waals surface area contributed by atoms with Gasteiger partial charge >= 0.3 is 5.97 Å². The first kappa shape index (κ1) is 29.9. The van der Waals surface area contributed by atoms with Gasteiger partial charge in [0.2, 0.25) is 5.91 Å². The molecular weight excluding hydrogens is 554 g/mol. The predicted octanol–water partition coefficient (Wildman–Crippen LogP) is 2.46. The Morgan fingerprint density at radius 3 is 2.77 bits per heavy atom. The number of rotatable bonds is 12. The van der Waals surface area contributed by atoms with Crippen molar-refractivity contribution in [2.24, 2.45) is 5.92 Å². The van der Waals surface area contributed by atoms with Gasteiger partial charge in [-0.3, -0.25) is 24.0 Å². The Hall–Kier alpha value is -4.55. The molecule has 1 aromatic heterocycles. The molecule has 2 N–H and O–H groups in total. The molecule has 3 atom stereocenters. The van der Waals surface area contributed by atoms with Crippen molar-refractivity contribution in [3.05, 3.63) is 77.6 Å². The lowest BCUT2D eigenvalue weighted by molar-refractivity contribution is -0.153. The zero-order valence-corrected chi connectivity index (χ0v) is 24.3. The summed E-state index contributed by atoms with van der Waals surface area (Å²) in [6, 6.07) is 12.3. The summed E-state index contributed by atoms with van der Waals surface area (Å²) in [6.07, 6.45) is 6.00. The maximum atomic E-state index is 14.0. The van der Waals surface area contributed by atoms with Gasteiger partial charge in [0.05, 0.1) is 31.5 Å². The molecule has 3 heterocycles. The van der Waals surface area contributed by atoms with Gasteiger partial charge in [-0.1, -0.05) is 36.4 Å². The lowest BCUT2D eigenvalue weighted by Gasteiger charge is -2.39. The van der Waals surface area contributed by atoms with Crippen LogP contribution in [0.5, 0.6) is 5.75 Å². The van der Waals surface area contributed by atoms with Crippen molar-refractivity contribution in [3.8, 4) is 5.75 Å². The topological polar surface area (TPSA) is 147 Å².